The largest absolute Gasteiger partial charge is 0.508 e. The highest BCUT2D eigenvalue weighted by atomic mass is 35.5. The second-order valence-electron chi connectivity index (χ2n) is 5.21. The summed E-state index contributed by atoms with van der Waals surface area (Å²) in [6.45, 7) is 8.84. The van der Waals surface area contributed by atoms with Crippen LogP contribution < -0.4 is 5.32 Å². The fraction of sp³-hybridized carbons (Fsp3) is 0.600. The minimum Gasteiger partial charge on any atom is -0.508 e. The predicted octanol–water partition coefficient (Wildman–Crippen LogP) is 3.23. The van der Waals surface area contributed by atoms with Crippen LogP contribution in [-0.2, 0) is 0 Å². The molecule has 1 unspecified atom stereocenters. The minimum atomic E-state index is 0. The van der Waals surface area contributed by atoms with E-state index in [0.29, 0.717) is 17.7 Å². The number of rotatable bonds is 4. The van der Waals surface area contributed by atoms with Crippen LogP contribution in [0, 0.1) is 5.92 Å². The van der Waals surface area contributed by atoms with Gasteiger partial charge in [0.05, 0.1) is 0 Å². The number of phenolic OH excluding ortho intramolecular Hbond substituents is 1. The zero-order valence-corrected chi connectivity index (χ0v) is 13.8. The number of halogens is 2. The van der Waals surface area contributed by atoms with Crippen LogP contribution in [-0.4, -0.2) is 36.2 Å². The van der Waals surface area contributed by atoms with E-state index in [0.717, 1.165) is 32.6 Å². The van der Waals surface area contributed by atoms with Gasteiger partial charge in [0.1, 0.15) is 5.75 Å². The Morgan fingerprint density at radius 3 is 2.45 bits per heavy atom. The second kappa shape index (κ2) is 9.46. The molecule has 1 aliphatic rings. The molecule has 0 aromatic heterocycles. The van der Waals surface area contributed by atoms with E-state index in [-0.39, 0.29) is 24.8 Å². The zero-order valence-electron chi connectivity index (χ0n) is 12.2. The molecule has 0 amide bonds. The van der Waals surface area contributed by atoms with Gasteiger partial charge in [0.15, 0.2) is 0 Å². The summed E-state index contributed by atoms with van der Waals surface area (Å²) in [5, 5.41) is 13.1. The molecule has 1 aromatic rings. The average molecular weight is 321 g/mol. The minimum absolute atomic E-state index is 0. The number of benzene rings is 1. The molecule has 20 heavy (non-hydrogen) atoms. The predicted molar refractivity (Wildman–Crippen MR) is 89.2 cm³/mol. The fourth-order valence-electron chi connectivity index (χ4n) is 2.79. The molecular formula is C15H26Cl2N2O. The van der Waals surface area contributed by atoms with Crippen molar-refractivity contribution in [3.05, 3.63) is 29.8 Å². The molecule has 1 saturated heterocycles. The Kier molecular flexibility index (Phi) is 9.23. The first-order chi connectivity index (χ1) is 8.72. The summed E-state index contributed by atoms with van der Waals surface area (Å²) in [7, 11) is 0. The van der Waals surface area contributed by atoms with Crippen molar-refractivity contribution in [1.29, 1.82) is 0 Å². The number of piperazine rings is 1. The van der Waals surface area contributed by atoms with E-state index in [2.05, 4.69) is 30.1 Å². The Morgan fingerprint density at radius 1 is 1.25 bits per heavy atom. The van der Waals surface area contributed by atoms with Crippen LogP contribution in [0.3, 0.4) is 0 Å². The standard InChI is InChI=1S/C15H24N2O.2ClH/c1-3-12(2)15(17-9-7-16-8-10-17)13-5-4-6-14(18)11-13;;/h4-6,11-12,15-16,18H,3,7-10H2,1-2H3;2*1H/t12?,15-;;/m0../s1. The van der Waals surface area contributed by atoms with Crippen LogP contribution in [0.15, 0.2) is 24.3 Å². The molecule has 0 aliphatic carbocycles. The monoisotopic (exact) mass is 320 g/mol. The maximum absolute atomic E-state index is 9.68. The van der Waals surface area contributed by atoms with Gasteiger partial charge in [-0.15, -0.1) is 24.8 Å². The third kappa shape index (κ3) is 4.81. The summed E-state index contributed by atoms with van der Waals surface area (Å²) in [4.78, 5) is 2.54. The van der Waals surface area contributed by atoms with Crippen LogP contribution in [0.5, 0.6) is 5.75 Å². The summed E-state index contributed by atoms with van der Waals surface area (Å²) >= 11 is 0. The molecular weight excluding hydrogens is 295 g/mol. The quantitative estimate of drug-likeness (QED) is 0.894. The molecule has 0 radical (unpaired) electrons. The van der Waals surface area contributed by atoms with Crippen LogP contribution in [0.2, 0.25) is 0 Å². The molecule has 116 valence electrons. The van der Waals surface area contributed by atoms with Gasteiger partial charge in [-0.3, -0.25) is 4.90 Å². The Morgan fingerprint density at radius 2 is 1.90 bits per heavy atom. The van der Waals surface area contributed by atoms with E-state index < -0.39 is 0 Å². The number of nitrogens with one attached hydrogen (secondary N) is 1. The molecule has 0 bridgehead atoms. The lowest BCUT2D eigenvalue weighted by atomic mass is 9.90. The first-order valence-electron chi connectivity index (χ1n) is 6.96. The Labute approximate surface area is 134 Å². The SMILES string of the molecule is CCC(C)[C@@H](c1cccc(O)c1)N1CCNCC1.Cl.Cl. The third-order valence-electron chi connectivity index (χ3n) is 3.94. The highest BCUT2D eigenvalue weighted by Gasteiger charge is 2.26. The fourth-order valence-corrected chi connectivity index (χ4v) is 2.79. The molecule has 1 fully saturated rings. The third-order valence-corrected chi connectivity index (χ3v) is 3.94. The summed E-state index contributed by atoms with van der Waals surface area (Å²) in [5.74, 6) is 0.973. The number of aromatic hydroxyl groups is 1. The molecule has 2 rings (SSSR count). The van der Waals surface area contributed by atoms with Gasteiger partial charge in [-0.2, -0.15) is 0 Å². The van der Waals surface area contributed by atoms with Crippen LogP contribution in [0.25, 0.3) is 0 Å². The van der Waals surface area contributed by atoms with Crippen molar-refractivity contribution in [1.82, 2.24) is 10.2 Å². The average Bonchev–Trinajstić information content (AvgIpc) is 2.40. The second-order valence-corrected chi connectivity index (χ2v) is 5.21. The first-order valence-corrected chi connectivity index (χ1v) is 6.96. The molecule has 2 N–H and O–H groups in total. The Hall–Kier alpha value is -0.480. The maximum Gasteiger partial charge on any atom is 0.115 e. The van der Waals surface area contributed by atoms with Crippen molar-refractivity contribution >= 4 is 24.8 Å². The van der Waals surface area contributed by atoms with Crippen molar-refractivity contribution in [3.63, 3.8) is 0 Å². The molecule has 1 aromatic carbocycles. The summed E-state index contributed by atoms with van der Waals surface area (Å²) in [5.41, 5.74) is 1.24. The van der Waals surface area contributed by atoms with E-state index in [1.165, 1.54) is 5.56 Å². The highest BCUT2D eigenvalue weighted by Crippen LogP contribution is 2.32. The van der Waals surface area contributed by atoms with Gasteiger partial charge in [0.2, 0.25) is 0 Å². The molecule has 1 heterocycles. The number of phenols is 1. The van der Waals surface area contributed by atoms with E-state index in [1.54, 1.807) is 6.07 Å². The highest BCUT2D eigenvalue weighted by molar-refractivity contribution is 5.85. The van der Waals surface area contributed by atoms with Gasteiger partial charge < -0.3 is 10.4 Å². The van der Waals surface area contributed by atoms with Crippen molar-refractivity contribution in [2.75, 3.05) is 26.2 Å². The van der Waals surface area contributed by atoms with E-state index in [4.69, 9.17) is 0 Å². The van der Waals surface area contributed by atoms with Crippen molar-refractivity contribution in [2.45, 2.75) is 26.3 Å². The number of hydrogen-bond acceptors (Lipinski definition) is 3. The topological polar surface area (TPSA) is 35.5 Å². The van der Waals surface area contributed by atoms with Crippen molar-refractivity contribution in [2.24, 2.45) is 5.92 Å². The smallest absolute Gasteiger partial charge is 0.115 e. The Bertz CT molecular complexity index is 384. The first kappa shape index (κ1) is 19.5. The Balaban J connectivity index is 0.00000180. The summed E-state index contributed by atoms with van der Waals surface area (Å²) in [6, 6.07) is 8.17. The van der Waals surface area contributed by atoms with Gasteiger partial charge in [0, 0.05) is 32.2 Å². The molecule has 1 aliphatic heterocycles. The lowest BCUT2D eigenvalue weighted by Crippen LogP contribution is -2.46. The van der Waals surface area contributed by atoms with Crippen molar-refractivity contribution in [3.8, 4) is 5.75 Å². The van der Waals surface area contributed by atoms with Gasteiger partial charge >= 0.3 is 0 Å². The van der Waals surface area contributed by atoms with Crippen LogP contribution >= 0.6 is 24.8 Å². The van der Waals surface area contributed by atoms with E-state index >= 15 is 0 Å². The van der Waals surface area contributed by atoms with E-state index in [9.17, 15) is 5.11 Å². The van der Waals surface area contributed by atoms with Crippen LogP contribution in [0.1, 0.15) is 31.9 Å². The van der Waals surface area contributed by atoms with Gasteiger partial charge in [0.25, 0.3) is 0 Å². The van der Waals surface area contributed by atoms with Gasteiger partial charge in [-0.1, -0.05) is 32.4 Å². The maximum atomic E-state index is 9.68. The lowest BCUT2D eigenvalue weighted by molar-refractivity contribution is 0.128. The number of hydrogen-bond donors (Lipinski definition) is 2. The normalized spacial score (nSPS) is 18.5. The van der Waals surface area contributed by atoms with E-state index in [1.807, 2.05) is 12.1 Å². The molecule has 0 saturated carbocycles. The van der Waals surface area contributed by atoms with Crippen LogP contribution in [0.4, 0.5) is 0 Å². The molecule has 0 spiro atoms. The zero-order chi connectivity index (χ0) is 13.0. The number of nitrogens with zero attached hydrogens (tertiary/aromatic N) is 1. The van der Waals surface area contributed by atoms with Gasteiger partial charge in [-0.05, 0) is 23.6 Å². The summed E-state index contributed by atoms with van der Waals surface area (Å²) in [6.07, 6.45) is 1.16. The van der Waals surface area contributed by atoms with Gasteiger partial charge in [-0.25, -0.2) is 0 Å². The lowest BCUT2D eigenvalue weighted by Gasteiger charge is -2.38. The molecule has 5 heteroatoms. The molecule has 2 atom stereocenters. The van der Waals surface area contributed by atoms with Crippen molar-refractivity contribution < 1.29 is 5.11 Å². The summed E-state index contributed by atoms with van der Waals surface area (Å²) < 4.78 is 0. The molecule has 3 nitrogen and oxygen atoms in total.